The monoisotopic (exact) mass is 486 g/mol. The highest BCUT2D eigenvalue weighted by atomic mass is 19.1. The molecule has 2 aliphatic rings. The van der Waals surface area contributed by atoms with Gasteiger partial charge in [-0.1, -0.05) is 49.4 Å². The van der Waals surface area contributed by atoms with Crippen molar-refractivity contribution in [2.75, 3.05) is 20.2 Å². The van der Waals surface area contributed by atoms with Crippen molar-refractivity contribution in [3.05, 3.63) is 101 Å². The van der Waals surface area contributed by atoms with E-state index in [1.54, 1.807) is 30.2 Å². The number of ether oxygens (including phenoxy) is 1. The average Bonchev–Trinajstić information content (AvgIpc) is 2.91. The van der Waals surface area contributed by atoms with Gasteiger partial charge in [0.05, 0.1) is 19.1 Å². The van der Waals surface area contributed by atoms with Crippen molar-refractivity contribution in [2.24, 2.45) is 5.92 Å². The molecule has 0 aliphatic carbocycles. The van der Waals surface area contributed by atoms with Crippen molar-refractivity contribution >= 4 is 11.8 Å². The van der Waals surface area contributed by atoms with Crippen LogP contribution in [0.15, 0.2) is 72.8 Å². The summed E-state index contributed by atoms with van der Waals surface area (Å²) in [6, 6.07) is 20.7. The van der Waals surface area contributed by atoms with E-state index in [2.05, 4.69) is 6.92 Å². The average molecular weight is 487 g/mol. The van der Waals surface area contributed by atoms with Gasteiger partial charge in [-0.2, -0.15) is 0 Å². The molecule has 3 unspecified atom stereocenters. The Morgan fingerprint density at radius 2 is 1.75 bits per heavy atom. The Morgan fingerprint density at radius 3 is 2.44 bits per heavy atom. The molecule has 0 N–H and O–H groups in total. The molecule has 0 saturated carbocycles. The normalized spacial score (nSPS) is 21.8. The van der Waals surface area contributed by atoms with E-state index in [1.807, 2.05) is 47.4 Å². The number of benzene rings is 3. The van der Waals surface area contributed by atoms with Crippen LogP contribution in [0.25, 0.3) is 0 Å². The molecular weight excluding hydrogens is 455 g/mol. The number of rotatable bonds is 5. The minimum atomic E-state index is -0.543. The molecule has 0 bridgehead atoms. The first-order valence-corrected chi connectivity index (χ1v) is 12.5. The number of nitrogens with zero attached hydrogens (tertiary/aromatic N) is 2. The molecule has 186 valence electrons. The first-order chi connectivity index (χ1) is 17.5. The van der Waals surface area contributed by atoms with Crippen molar-refractivity contribution in [1.82, 2.24) is 9.80 Å². The number of carbonyl (C=O) groups is 2. The van der Waals surface area contributed by atoms with E-state index in [4.69, 9.17) is 4.74 Å². The van der Waals surface area contributed by atoms with E-state index in [9.17, 15) is 14.0 Å². The van der Waals surface area contributed by atoms with E-state index in [0.29, 0.717) is 17.2 Å². The van der Waals surface area contributed by atoms with Crippen LogP contribution in [0.5, 0.6) is 5.75 Å². The Balaban J connectivity index is 1.64. The summed E-state index contributed by atoms with van der Waals surface area (Å²) in [5.41, 5.74) is 2.99. The van der Waals surface area contributed by atoms with Crippen LogP contribution in [0.1, 0.15) is 58.8 Å². The molecule has 3 aromatic rings. The Bertz CT molecular complexity index is 1240. The van der Waals surface area contributed by atoms with Crippen LogP contribution in [0.4, 0.5) is 4.39 Å². The van der Waals surface area contributed by atoms with Crippen molar-refractivity contribution in [1.29, 1.82) is 0 Å². The summed E-state index contributed by atoms with van der Waals surface area (Å²) in [6.45, 7) is 3.89. The summed E-state index contributed by atoms with van der Waals surface area (Å²) in [5, 5.41) is 0. The number of carbonyl (C=O) groups excluding carboxylic acids is 2. The number of halogens is 1. The number of amides is 2. The highest BCUT2D eigenvalue weighted by Crippen LogP contribution is 2.45. The molecule has 0 radical (unpaired) electrons. The Labute approximate surface area is 211 Å². The number of methoxy groups -OCH3 is 1. The second-order valence-corrected chi connectivity index (χ2v) is 9.87. The second kappa shape index (κ2) is 10.1. The lowest BCUT2D eigenvalue weighted by Gasteiger charge is -2.44. The van der Waals surface area contributed by atoms with Crippen molar-refractivity contribution in [3.8, 4) is 5.75 Å². The van der Waals surface area contributed by atoms with Crippen LogP contribution >= 0.6 is 0 Å². The van der Waals surface area contributed by atoms with E-state index in [0.717, 1.165) is 42.6 Å². The van der Waals surface area contributed by atoms with Gasteiger partial charge in [0.2, 0.25) is 5.91 Å². The molecule has 2 amide bonds. The van der Waals surface area contributed by atoms with Gasteiger partial charge >= 0.3 is 0 Å². The lowest BCUT2D eigenvalue weighted by molar-refractivity contribution is -0.136. The molecule has 5 nitrogen and oxygen atoms in total. The maximum Gasteiger partial charge on any atom is 0.255 e. The zero-order valence-electron chi connectivity index (χ0n) is 20.7. The minimum absolute atomic E-state index is 0.0476. The maximum atomic E-state index is 14.2. The third-order valence-corrected chi connectivity index (χ3v) is 7.40. The summed E-state index contributed by atoms with van der Waals surface area (Å²) < 4.78 is 19.0. The summed E-state index contributed by atoms with van der Waals surface area (Å²) in [6.07, 6.45) is 2.09. The van der Waals surface area contributed by atoms with Crippen LogP contribution < -0.4 is 4.74 Å². The number of likely N-dealkylation sites (tertiary alicyclic amines) is 1. The van der Waals surface area contributed by atoms with E-state index in [1.165, 1.54) is 12.1 Å². The fourth-order valence-corrected chi connectivity index (χ4v) is 5.58. The maximum absolute atomic E-state index is 14.2. The number of hydrogen-bond donors (Lipinski definition) is 0. The fraction of sp³-hybridized carbons (Fsp3) is 0.333. The molecule has 1 fully saturated rings. The molecule has 3 aromatic carbocycles. The SMILES string of the molecule is COc1ccc(C2C(C(=O)N3CCCC(C)C3)c3ccccc3C(=O)N2Cc2ccc(F)cc2)cc1. The largest absolute Gasteiger partial charge is 0.497 e. The molecular formula is C30H31FN2O3. The van der Waals surface area contributed by atoms with E-state index < -0.39 is 12.0 Å². The van der Waals surface area contributed by atoms with Crippen LogP contribution in [-0.2, 0) is 11.3 Å². The quantitative estimate of drug-likeness (QED) is 0.474. The third-order valence-electron chi connectivity index (χ3n) is 7.40. The standard InChI is InChI=1S/C30H31FN2O3/c1-20-6-5-17-32(18-20)30(35)27-25-7-3-4-8-26(25)29(34)33(19-21-9-13-23(31)14-10-21)28(27)22-11-15-24(36-2)16-12-22/h3-4,7-16,20,27-28H,5-6,17-19H2,1-2H3. The zero-order chi connectivity index (χ0) is 25.2. The minimum Gasteiger partial charge on any atom is -0.497 e. The summed E-state index contributed by atoms with van der Waals surface area (Å²) in [5.74, 6) is 0.196. The van der Waals surface area contributed by atoms with E-state index >= 15 is 0 Å². The Hall–Kier alpha value is -3.67. The number of hydrogen-bond acceptors (Lipinski definition) is 3. The van der Waals surface area contributed by atoms with Gasteiger partial charge in [-0.05, 0) is 65.8 Å². The second-order valence-electron chi connectivity index (χ2n) is 9.87. The number of piperidine rings is 1. The molecule has 36 heavy (non-hydrogen) atoms. The fourth-order valence-electron chi connectivity index (χ4n) is 5.58. The molecule has 1 saturated heterocycles. The first kappa shape index (κ1) is 24.0. The predicted molar refractivity (Wildman–Crippen MR) is 136 cm³/mol. The number of fused-ring (bicyclic) bond motifs is 1. The summed E-state index contributed by atoms with van der Waals surface area (Å²) in [4.78, 5) is 31.9. The summed E-state index contributed by atoms with van der Waals surface area (Å²) in [7, 11) is 1.61. The van der Waals surface area contributed by atoms with Crippen molar-refractivity contribution in [2.45, 2.75) is 38.3 Å². The van der Waals surface area contributed by atoms with Crippen molar-refractivity contribution in [3.63, 3.8) is 0 Å². The van der Waals surface area contributed by atoms with Gasteiger partial charge in [-0.3, -0.25) is 9.59 Å². The van der Waals surface area contributed by atoms with Gasteiger partial charge in [0, 0.05) is 25.2 Å². The highest BCUT2D eigenvalue weighted by molar-refractivity contribution is 6.01. The third kappa shape index (κ3) is 4.60. The molecule has 3 atom stereocenters. The van der Waals surface area contributed by atoms with Crippen LogP contribution in [-0.4, -0.2) is 41.8 Å². The van der Waals surface area contributed by atoms with Crippen LogP contribution in [0.3, 0.4) is 0 Å². The molecule has 2 heterocycles. The van der Waals surface area contributed by atoms with Crippen molar-refractivity contribution < 1.29 is 18.7 Å². The molecule has 6 heteroatoms. The molecule has 5 rings (SSSR count). The van der Waals surface area contributed by atoms with Gasteiger partial charge in [0.1, 0.15) is 11.6 Å². The zero-order valence-corrected chi connectivity index (χ0v) is 20.7. The van der Waals surface area contributed by atoms with Gasteiger partial charge < -0.3 is 14.5 Å². The van der Waals surface area contributed by atoms with Gasteiger partial charge in [-0.25, -0.2) is 4.39 Å². The van der Waals surface area contributed by atoms with Crippen LogP contribution in [0.2, 0.25) is 0 Å². The lowest BCUT2D eigenvalue weighted by Crippen LogP contribution is -2.49. The lowest BCUT2D eigenvalue weighted by atomic mass is 9.78. The summed E-state index contributed by atoms with van der Waals surface area (Å²) >= 11 is 0. The predicted octanol–water partition coefficient (Wildman–Crippen LogP) is 5.57. The van der Waals surface area contributed by atoms with Gasteiger partial charge in [0.25, 0.3) is 5.91 Å². The smallest absolute Gasteiger partial charge is 0.255 e. The highest BCUT2D eigenvalue weighted by Gasteiger charge is 2.45. The van der Waals surface area contributed by atoms with Gasteiger partial charge in [-0.15, -0.1) is 0 Å². The van der Waals surface area contributed by atoms with E-state index in [-0.39, 0.29) is 24.2 Å². The topological polar surface area (TPSA) is 49.9 Å². The van der Waals surface area contributed by atoms with Gasteiger partial charge in [0.15, 0.2) is 0 Å². The molecule has 0 aromatic heterocycles. The first-order valence-electron chi connectivity index (χ1n) is 12.5. The molecule has 2 aliphatic heterocycles. The molecule has 0 spiro atoms. The van der Waals surface area contributed by atoms with Crippen LogP contribution in [0, 0.1) is 11.7 Å². The Morgan fingerprint density at radius 1 is 1.03 bits per heavy atom. The Kier molecular flexibility index (Phi) is 6.77.